The predicted molar refractivity (Wildman–Crippen MR) is 161 cm³/mol. The van der Waals surface area contributed by atoms with Crippen molar-refractivity contribution in [2.45, 2.75) is 84.2 Å². The van der Waals surface area contributed by atoms with Crippen molar-refractivity contribution >= 4 is 16.9 Å². The maximum atomic E-state index is 12.5. The number of esters is 1. The van der Waals surface area contributed by atoms with Gasteiger partial charge >= 0.3 is 5.97 Å². The number of hydrogen-bond acceptors (Lipinski definition) is 5. The van der Waals surface area contributed by atoms with E-state index in [0.717, 1.165) is 64.0 Å². The van der Waals surface area contributed by atoms with Crippen molar-refractivity contribution in [3.8, 4) is 0 Å². The number of aliphatic hydroxyl groups excluding tert-OH is 1. The van der Waals surface area contributed by atoms with E-state index >= 15 is 0 Å². The van der Waals surface area contributed by atoms with E-state index in [1.807, 2.05) is 6.07 Å². The van der Waals surface area contributed by atoms with E-state index < -0.39 is 0 Å². The fourth-order valence-corrected chi connectivity index (χ4v) is 6.88. The number of fused-ring (bicyclic) bond motifs is 5. The molecule has 1 aliphatic carbocycles. The van der Waals surface area contributed by atoms with Crippen LogP contribution in [0, 0.1) is 0 Å². The van der Waals surface area contributed by atoms with Crippen LogP contribution < -0.4 is 0 Å². The number of carbonyl (C=O) groups excluding carboxylic acids is 1. The number of aliphatic hydroxyl groups is 1. The average molecular weight is 536 g/mol. The standard InChI is InChI=1S/C33H49N3O3/c1-6-9-25(10-7-2)31-27-14-12-26(33(38)39-5)23-30(27)36-19-18-35(17-16-34(15-8-3)20-21-37)29-22-24(4)11-13-28(29)32(31)36/h11-14,22-23,25,28-29,37H,6-10,15-21H2,1-5H3. The molecule has 1 N–H and O–H groups in total. The Hall–Kier alpha value is -2.41. The first kappa shape index (κ1) is 29.6. The summed E-state index contributed by atoms with van der Waals surface area (Å²) in [6, 6.07) is 6.47. The fourth-order valence-electron chi connectivity index (χ4n) is 6.88. The van der Waals surface area contributed by atoms with Crippen LogP contribution >= 0.6 is 0 Å². The van der Waals surface area contributed by atoms with Gasteiger partial charge in [-0.3, -0.25) is 9.80 Å². The number of methoxy groups -OCH3 is 1. The molecule has 1 aromatic heterocycles. The van der Waals surface area contributed by atoms with Gasteiger partial charge in [-0.1, -0.05) is 63.5 Å². The maximum Gasteiger partial charge on any atom is 0.337 e. The van der Waals surface area contributed by atoms with Crippen LogP contribution in [0.2, 0.25) is 0 Å². The summed E-state index contributed by atoms with van der Waals surface area (Å²) in [6.07, 6.45) is 12.9. The second-order valence-corrected chi connectivity index (χ2v) is 11.3. The van der Waals surface area contributed by atoms with Crippen LogP contribution in [0.25, 0.3) is 10.9 Å². The number of carbonyl (C=O) groups is 1. The summed E-state index contributed by atoms with van der Waals surface area (Å²) in [6.45, 7) is 14.7. The highest BCUT2D eigenvalue weighted by Gasteiger charge is 2.37. The third kappa shape index (κ3) is 6.34. The maximum absolute atomic E-state index is 12.5. The molecule has 214 valence electrons. The molecular formula is C33H49N3O3. The van der Waals surface area contributed by atoms with Crippen LogP contribution in [0.4, 0.5) is 0 Å². The van der Waals surface area contributed by atoms with Crippen LogP contribution in [0.1, 0.15) is 93.3 Å². The first-order valence-electron chi connectivity index (χ1n) is 15.1. The molecule has 0 bridgehead atoms. The second-order valence-electron chi connectivity index (χ2n) is 11.3. The first-order chi connectivity index (χ1) is 19.0. The largest absolute Gasteiger partial charge is 0.465 e. The van der Waals surface area contributed by atoms with Crippen LogP contribution in [0.3, 0.4) is 0 Å². The monoisotopic (exact) mass is 535 g/mol. The Morgan fingerprint density at radius 2 is 1.87 bits per heavy atom. The molecule has 2 atom stereocenters. The lowest BCUT2D eigenvalue weighted by molar-refractivity contribution is 0.0601. The Kier molecular flexibility index (Phi) is 10.4. The van der Waals surface area contributed by atoms with Gasteiger partial charge in [-0.25, -0.2) is 4.79 Å². The van der Waals surface area contributed by atoms with E-state index in [1.165, 1.54) is 42.2 Å². The third-order valence-corrected chi connectivity index (χ3v) is 8.62. The van der Waals surface area contributed by atoms with Gasteiger partial charge in [0.2, 0.25) is 0 Å². The normalized spacial score (nSPS) is 19.3. The fraction of sp³-hybridized carbons (Fsp3) is 0.606. The molecule has 2 aromatic rings. The zero-order valence-electron chi connectivity index (χ0n) is 24.8. The van der Waals surface area contributed by atoms with Gasteiger partial charge < -0.3 is 14.4 Å². The van der Waals surface area contributed by atoms with Crippen molar-refractivity contribution in [2.75, 3.05) is 46.4 Å². The van der Waals surface area contributed by atoms with Crippen molar-refractivity contribution in [1.82, 2.24) is 14.4 Å². The van der Waals surface area contributed by atoms with E-state index in [0.29, 0.717) is 17.5 Å². The Morgan fingerprint density at radius 3 is 2.54 bits per heavy atom. The first-order valence-corrected chi connectivity index (χ1v) is 15.1. The van der Waals surface area contributed by atoms with E-state index in [2.05, 4.69) is 72.4 Å². The molecule has 0 radical (unpaired) electrons. The summed E-state index contributed by atoms with van der Waals surface area (Å²) in [5.74, 6) is 0.477. The number of benzene rings is 1. The van der Waals surface area contributed by atoms with Crippen molar-refractivity contribution in [3.05, 3.63) is 58.8 Å². The molecule has 39 heavy (non-hydrogen) atoms. The van der Waals surface area contributed by atoms with E-state index in [-0.39, 0.29) is 18.5 Å². The van der Waals surface area contributed by atoms with Gasteiger partial charge in [0, 0.05) is 61.3 Å². The highest BCUT2D eigenvalue weighted by Crippen LogP contribution is 2.45. The number of allylic oxidation sites excluding steroid dienone is 2. The van der Waals surface area contributed by atoms with Crippen molar-refractivity contribution in [3.63, 3.8) is 0 Å². The molecular weight excluding hydrogens is 486 g/mol. The minimum atomic E-state index is -0.281. The molecule has 0 spiro atoms. The molecule has 0 fully saturated rings. The second kappa shape index (κ2) is 13.8. The molecule has 0 saturated heterocycles. The number of hydrogen-bond donors (Lipinski definition) is 1. The van der Waals surface area contributed by atoms with Gasteiger partial charge in [0.05, 0.1) is 19.3 Å². The van der Waals surface area contributed by atoms with Crippen LogP contribution in [0.5, 0.6) is 0 Å². The van der Waals surface area contributed by atoms with E-state index in [4.69, 9.17) is 4.74 Å². The predicted octanol–water partition coefficient (Wildman–Crippen LogP) is 6.10. The molecule has 2 aliphatic rings. The third-order valence-electron chi connectivity index (χ3n) is 8.62. The SMILES string of the molecule is CCCC(CCC)c1c2n(c3cc(C(=O)OC)ccc13)CCN(CCN(CCC)CCO)C1C=C(C)C=CC21. The minimum absolute atomic E-state index is 0.202. The van der Waals surface area contributed by atoms with Crippen molar-refractivity contribution in [2.24, 2.45) is 0 Å². The Bertz CT molecular complexity index is 1170. The molecule has 1 aliphatic heterocycles. The quantitative estimate of drug-likeness (QED) is 0.314. The molecule has 4 rings (SSSR count). The summed E-state index contributed by atoms with van der Waals surface area (Å²) in [5.41, 5.74) is 6.03. The van der Waals surface area contributed by atoms with Crippen LogP contribution in [-0.2, 0) is 11.3 Å². The number of ether oxygens (including phenoxy) is 1. The Labute approximate surface area is 235 Å². The van der Waals surface area contributed by atoms with Gasteiger partial charge in [-0.15, -0.1) is 0 Å². The molecule has 2 unspecified atom stereocenters. The summed E-state index contributed by atoms with van der Waals surface area (Å²) >= 11 is 0. The summed E-state index contributed by atoms with van der Waals surface area (Å²) in [5, 5.41) is 10.9. The van der Waals surface area contributed by atoms with E-state index in [1.54, 1.807) is 0 Å². The summed E-state index contributed by atoms with van der Waals surface area (Å²) in [7, 11) is 1.46. The summed E-state index contributed by atoms with van der Waals surface area (Å²) in [4.78, 5) is 17.6. The zero-order chi connectivity index (χ0) is 27.9. The molecule has 1 aromatic carbocycles. The Morgan fingerprint density at radius 1 is 1.10 bits per heavy atom. The Balaban J connectivity index is 1.83. The molecule has 6 heteroatoms. The lowest BCUT2D eigenvalue weighted by Crippen LogP contribution is -2.44. The molecule has 0 saturated carbocycles. The van der Waals surface area contributed by atoms with Gasteiger partial charge in [0.25, 0.3) is 0 Å². The van der Waals surface area contributed by atoms with Crippen molar-refractivity contribution < 1.29 is 14.6 Å². The zero-order valence-corrected chi connectivity index (χ0v) is 24.8. The lowest BCUT2D eigenvalue weighted by atomic mass is 9.81. The van der Waals surface area contributed by atoms with Gasteiger partial charge in [0.1, 0.15) is 0 Å². The minimum Gasteiger partial charge on any atom is -0.465 e. The smallest absolute Gasteiger partial charge is 0.337 e. The van der Waals surface area contributed by atoms with Gasteiger partial charge in [0.15, 0.2) is 0 Å². The molecule has 0 amide bonds. The van der Waals surface area contributed by atoms with Crippen LogP contribution in [-0.4, -0.2) is 77.9 Å². The molecule has 6 nitrogen and oxygen atoms in total. The van der Waals surface area contributed by atoms with Crippen molar-refractivity contribution in [1.29, 1.82) is 0 Å². The summed E-state index contributed by atoms with van der Waals surface area (Å²) < 4.78 is 7.63. The topological polar surface area (TPSA) is 57.9 Å². The number of nitrogens with zero attached hydrogens (tertiary/aromatic N) is 3. The number of aromatic nitrogens is 1. The van der Waals surface area contributed by atoms with Gasteiger partial charge in [-0.05, 0) is 56.3 Å². The lowest BCUT2D eigenvalue weighted by Gasteiger charge is -2.36. The van der Waals surface area contributed by atoms with Crippen LogP contribution in [0.15, 0.2) is 42.0 Å². The van der Waals surface area contributed by atoms with E-state index in [9.17, 15) is 9.90 Å². The number of rotatable bonds is 13. The molecule has 2 heterocycles. The highest BCUT2D eigenvalue weighted by atomic mass is 16.5. The average Bonchev–Trinajstić information content (AvgIpc) is 3.16. The van der Waals surface area contributed by atoms with Gasteiger partial charge in [-0.2, -0.15) is 0 Å². The highest BCUT2D eigenvalue weighted by molar-refractivity contribution is 5.96.